The number of hydrogen-bond donors (Lipinski definition) is 1. The van der Waals surface area contributed by atoms with Gasteiger partial charge >= 0.3 is 6.09 Å². The van der Waals surface area contributed by atoms with Crippen molar-refractivity contribution in [2.45, 2.75) is 26.4 Å². The van der Waals surface area contributed by atoms with Crippen LogP contribution >= 0.6 is 0 Å². The van der Waals surface area contributed by atoms with Gasteiger partial charge in [0.1, 0.15) is 5.75 Å². The van der Waals surface area contributed by atoms with E-state index in [0.29, 0.717) is 19.8 Å². The zero-order valence-electron chi connectivity index (χ0n) is 11.1. The fraction of sp³-hybridized carbons (Fsp3) is 0.500. The second-order valence-electron chi connectivity index (χ2n) is 4.74. The number of carbonyl (C=O) groups excluding carboxylic acids is 1. The highest BCUT2D eigenvalue weighted by atomic mass is 16.6. The molecule has 2 aliphatic rings. The Morgan fingerprint density at radius 1 is 1.37 bits per heavy atom. The molecular formula is C14H18N2O3. The molecule has 0 radical (unpaired) electrons. The number of amides is 1. The summed E-state index contributed by atoms with van der Waals surface area (Å²) in [6.45, 7) is 5.43. The van der Waals surface area contributed by atoms with Crippen molar-refractivity contribution in [1.82, 2.24) is 5.32 Å². The van der Waals surface area contributed by atoms with Crippen molar-refractivity contribution in [1.29, 1.82) is 0 Å². The molecule has 2 aliphatic heterocycles. The summed E-state index contributed by atoms with van der Waals surface area (Å²) in [5.41, 5.74) is 3.31. The molecule has 3 rings (SSSR count). The molecule has 0 aliphatic carbocycles. The Labute approximate surface area is 112 Å². The minimum absolute atomic E-state index is 0.280. The van der Waals surface area contributed by atoms with Gasteiger partial charge in [0.15, 0.2) is 0 Å². The first-order valence-electron chi connectivity index (χ1n) is 6.73. The Hall–Kier alpha value is -1.75. The minimum atomic E-state index is -0.280. The molecule has 0 aromatic heterocycles. The minimum Gasteiger partial charge on any atom is -0.492 e. The predicted octanol–water partition coefficient (Wildman–Crippen LogP) is 2.04. The molecule has 0 atom stereocenters. The molecule has 2 heterocycles. The first-order valence-corrected chi connectivity index (χ1v) is 6.73. The highest BCUT2D eigenvalue weighted by Crippen LogP contribution is 2.35. The number of ether oxygens (including phenoxy) is 2. The first kappa shape index (κ1) is 12.3. The SMILES string of the molecule is CCOc1cc2c(cc1N1CCCOC1=O)CNC2. The van der Waals surface area contributed by atoms with Crippen LogP contribution in [0.5, 0.6) is 5.75 Å². The van der Waals surface area contributed by atoms with Crippen molar-refractivity contribution < 1.29 is 14.3 Å². The van der Waals surface area contributed by atoms with Crippen LogP contribution in [0.2, 0.25) is 0 Å². The topological polar surface area (TPSA) is 50.8 Å². The lowest BCUT2D eigenvalue weighted by molar-refractivity contribution is 0.140. The predicted molar refractivity (Wildman–Crippen MR) is 71.5 cm³/mol. The van der Waals surface area contributed by atoms with Gasteiger partial charge in [-0.3, -0.25) is 4.90 Å². The molecule has 1 amide bonds. The summed E-state index contributed by atoms with van der Waals surface area (Å²) in [4.78, 5) is 13.6. The molecule has 19 heavy (non-hydrogen) atoms. The van der Waals surface area contributed by atoms with Crippen molar-refractivity contribution in [2.24, 2.45) is 0 Å². The van der Waals surface area contributed by atoms with Crippen LogP contribution in [-0.2, 0) is 17.8 Å². The van der Waals surface area contributed by atoms with E-state index in [0.717, 1.165) is 30.9 Å². The maximum atomic E-state index is 11.9. The van der Waals surface area contributed by atoms with Crippen LogP contribution in [0.1, 0.15) is 24.5 Å². The van der Waals surface area contributed by atoms with E-state index in [4.69, 9.17) is 9.47 Å². The Morgan fingerprint density at radius 2 is 2.16 bits per heavy atom. The van der Waals surface area contributed by atoms with E-state index in [1.165, 1.54) is 11.1 Å². The maximum Gasteiger partial charge on any atom is 0.414 e. The van der Waals surface area contributed by atoms with E-state index in [1.54, 1.807) is 4.90 Å². The summed E-state index contributed by atoms with van der Waals surface area (Å²) >= 11 is 0. The quantitative estimate of drug-likeness (QED) is 0.905. The highest BCUT2D eigenvalue weighted by molar-refractivity contribution is 5.90. The van der Waals surface area contributed by atoms with Crippen molar-refractivity contribution in [3.8, 4) is 5.75 Å². The average Bonchev–Trinajstić information content (AvgIpc) is 2.86. The molecule has 5 nitrogen and oxygen atoms in total. The number of carbonyl (C=O) groups is 1. The van der Waals surface area contributed by atoms with Crippen molar-refractivity contribution in [3.63, 3.8) is 0 Å². The number of nitrogens with one attached hydrogen (secondary N) is 1. The van der Waals surface area contributed by atoms with E-state index >= 15 is 0 Å². The molecule has 1 saturated heterocycles. The molecule has 1 fully saturated rings. The van der Waals surface area contributed by atoms with Gasteiger partial charge in [-0.2, -0.15) is 0 Å². The van der Waals surface area contributed by atoms with Gasteiger partial charge in [-0.1, -0.05) is 0 Å². The molecule has 0 bridgehead atoms. The lowest BCUT2D eigenvalue weighted by Gasteiger charge is -2.28. The molecule has 0 unspecified atom stereocenters. The van der Waals surface area contributed by atoms with Crippen LogP contribution in [0.25, 0.3) is 0 Å². The third-order valence-corrected chi connectivity index (χ3v) is 3.47. The molecule has 1 aromatic carbocycles. The van der Waals surface area contributed by atoms with E-state index in [2.05, 4.69) is 5.32 Å². The highest BCUT2D eigenvalue weighted by Gasteiger charge is 2.26. The maximum absolute atomic E-state index is 11.9. The van der Waals surface area contributed by atoms with Crippen LogP contribution < -0.4 is 15.0 Å². The van der Waals surface area contributed by atoms with Gasteiger partial charge in [0.05, 0.1) is 18.9 Å². The summed E-state index contributed by atoms with van der Waals surface area (Å²) in [6.07, 6.45) is 0.574. The standard InChI is InChI=1S/C14H18N2O3/c1-2-18-13-7-11-9-15-8-10(11)6-12(13)16-4-3-5-19-14(16)17/h6-7,15H,2-5,8-9H2,1H3. The number of cyclic esters (lactones) is 1. The third kappa shape index (κ3) is 2.26. The lowest BCUT2D eigenvalue weighted by atomic mass is 10.1. The van der Waals surface area contributed by atoms with Crippen LogP contribution in [0, 0.1) is 0 Å². The summed E-state index contributed by atoms with van der Waals surface area (Å²) in [7, 11) is 0. The summed E-state index contributed by atoms with van der Waals surface area (Å²) < 4.78 is 10.8. The summed E-state index contributed by atoms with van der Waals surface area (Å²) in [6, 6.07) is 4.09. The molecule has 102 valence electrons. The van der Waals surface area contributed by atoms with Gasteiger partial charge in [0.25, 0.3) is 0 Å². The van der Waals surface area contributed by atoms with E-state index in [-0.39, 0.29) is 6.09 Å². The molecule has 1 aromatic rings. The van der Waals surface area contributed by atoms with E-state index in [9.17, 15) is 4.79 Å². The van der Waals surface area contributed by atoms with Crippen molar-refractivity contribution >= 4 is 11.8 Å². The average molecular weight is 262 g/mol. The lowest BCUT2D eigenvalue weighted by Crippen LogP contribution is -2.38. The monoisotopic (exact) mass is 262 g/mol. The number of anilines is 1. The Balaban J connectivity index is 2.00. The van der Waals surface area contributed by atoms with E-state index in [1.807, 2.05) is 19.1 Å². The Kier molecular flexibility index (Phi) is 3.29. The number of fused-ring (bicyclic) bond motifs is 1. The van der Waals surface area contributed by atoms with Gasteiger partial charge < -0.3 is 14.8 Å². The van der Waals surface area contributed by atoms with Crippen molar-refractivity contribution in [2.75, 3.05) is 24.7 Å². The zero-order chi connectivity index (χ0) is 13.2. The summed E-state index contributed by atoms with van der Waals surface area (Å²) in [5.74, 6) is 0.767. The fourth-order valence-corrected chi connectivity index (χ4v) is 2.57. The van der Waals surface area contributed by atoms with Gasteiger partial charge in [-0.25, -0.2) is 4.79 Å². The van der Waals surface area contributed by atoms with Crippen LogP contribution in [0.15, 0.2) is 12.1 Å². The van der Waals surface area contributed by atoms with Crippen molar-refractivity contribution in [3.05, 3.63) is 23.3 Å². The molecule has 5 heteroatoms. The van der Waals surface area contributed by atoms with Gasteiger partial charge in [-0.05, 0) is 36.6 Å². The van der Waals surface area contributed by atoms with Crippen LogP contribution in [0.3, 0.4) is 0 Å². The number of rotatable bonds is 3. The molecule has 0 saturated carbocycles. The van der Waals surface area contributed by atoms with Crippen LogP contribution in [-0.4, -0.2) is 25.9 Å². The number of benzene rings is 1. The number of hydrogen-bond acceptors (Lipinski definition) is 4. The normalized spacial score (nSPS) is 18.2. The van der Waals surface area contributed by atoms with Gasteiger partial charge in [0.2, 0.25) is 0 Å². The van der Waals surface area contributed by atoms with Crippen LogP contribution in [0.4, 0.5) is 10.5 Å². The summed E-state index contributed by atoms with van der Waals surface area (Å²) in [5, 5.41) is 3.31. The van der Waals surface area contributed by atoms with E-state index < -0.39 is 0 Å². The second-order valence-corrected chi connectivity index (χ2v) is 4.74. The molecule has 0 spiro atoms. The molecule has 1 N–H and O–H groups in total. The molecular weight excluding hydrogens is 244 g/mol. The third-order valence-electron chi connectivity index (χ3n) is 3.47. The fourth-order valence-electron chi connectivity index (χ4n) is 2.57. The Morgan fingerprint density at radius 3 is 2.89 bits per heavy atom. The number of nitrogens with zero attached hydrogens (tertiary/aromatic N) is 1. The smallest absolute Gasteiger partial charge is 0.414 e. The first-order chi connectivity index (χ1) is 9.29. The Bertz CT molecular complexity index is 502. The van der Waals surface area contributed by atoms with Gasteiger partial charge in [0, 0.05) is 19.6 Å². The second kappa shape index (κ2) is 5.09. The zero-order valence-corrected chi connectivity index (χ0v) is 11.1. The van der Waals surface area contributed by atoms with Gasteiger partial charge in [-0.15, -0.1) is 0 Å². The largest absolute Gasteiger partial charge is 0.492 e.